The molecule has 0 aliphatic carbocycles. The number of piperidine rings is 1. The standard InChI is InChI=1S/C23H25N3O3S3/c1-16-21(23(27)25-10-5-2-6-11-25)31-22(24-16)19-13-20(30-15-19)32(28,29)26-12-9-17-7-3-4-8-18(17)14-26/h3-4,7-8,13,15H,2,5-6,9-12,14H2,1H3. The summed E-state index contributed by atoms with van der Waals surface area (Å²) < 4.78 is 28.5. The van der Waals surface area contributed by atoms with Gasteiger partial charge < -0.3 is 4.90 Å². The highest BCUT2D eigenvalue weighted by molar-refractivity contribution is 7.91. The maximum Gasteiger partial charge on any atom is 0.265 e. The van der Waals surface area contributed by atoms with E-state index >= 15 is 0 Å². The highest BCUT2D eigenvalue weighted by Gasteiger charge is 2.30. The molecule has 0 radical (unpaired) electrons. The molecule has 2 aliphatic rings. The Kier molecular flexibility index (Phi) is 5.92. The second-order valence-electron chi connectivity index (χ2n) is 8.30. The number of benzene rings is 1. The van der Waals surface area contributed by atoms with Crippen LogP contribution in [0.15, 0.2) is 39.9 Å². The predicted octanol–water partition coefficient (Wildman–Crippen LogP) is 4.55. The van der Waals surface area contributed by atoms with Crippen molar-refractivity contribution in [3.63, 3.8) is 0 Å². The van der Waals surface area contributed by atoms with Crippen LogP contribution >= 0.6 is 22.7 Å². The van der Waals surface area contributed by atoms with Crippen LogP contribution in [0.5, 0.6) is 0 Å². The lowest BCUT2D eigenvalue weighted by Crippen LogP contribution is -2.35. The van der Waals surface area contributed by atoms with Crippen molar-refractivity contribution >= 4 is 38.6 Å². The van der Waals surface area contributed by atoms with Crippen LogP contribution in [0, 0.1) is 6.92 Å². The lowest BCUT2D eigenvalue weighted by molar-refractivity contribution is 0.0728. The number of amides is 1. The number of rotatable bonds is 4. The largest absolute Gasteiger partial charge is 0.338 e. The summed E-state index contributed by atoms with van der Waals surface area (Å²) in [7, 11) is -3.58. The number of carbonyl (C=O) groups excluding carboxylic acids is 1. The average molecular weight is 488 g/mol. The summed E-state index contributed by atoms with van der Waals surface area (Å²) in [6, 6.07) is 9.71. The molecule has 0 N–H and O–H groups in total. The number of aryl methyl sites for hydroxylation is 1. The van der Waals surface area contributed by atoms with E-state index in [1.165, 1.54) is 34.7 Å². The van der Waals surface area contributed by atoms with Crippen LogP contribution < -0.4 is 0 Å². The highest BCUT2D eigenvalue weighted by Crippen LogP contribution is 2.35. The first-order valence-corrected chi connectivity index (χ1v) is 14.0. The minimum absolute atomic E-state index is 0.0426. The molecule has 0 unspecified atom stereocenters. The Morgan fingerprint density at radius 1 is 1.06 bits per heavy atom. The van der Waals surface area contributed by atoms with Crippen LogP contribution in [0.25, 0.3) is 10.6 Å². The second-order valence-corrected chi connectivity index (χ2v) is 12.4. The van der Waals surface area contributed by atoms with E-state index in [2.05, 4.69) is 11.1 Å². The van der Waals surface area contributed by atoms with Crippen LogP contribution in [0.2, 0.25) is 0 Å². The maximum atomic E-state index is 13.3. The molecule has 9 heteroatoms. The number of sulfonamides is 1. The van der Waals surface area contributed by atoms with E-state index in [0.29, 0.717) is 32.9 Å². The molecule has 0 atom stereocenters. The molecule has 32 heavy (non-hydrogen) atoms. The third-order valence-corrected chi connectivity index (χ3v) is 10.6. The molecule has 1 amide bonds. The Labute approximate surface area is 196 Å². The molecule has 4 heterocycles. The first-order valence-electron chi connectivity index (χ1n) is 10.9. The number of thiophene rings is 1. The lowest BCUT2D eigenvalue weighted by atomic mass is 10.0. The van der Waals surface area contributed by atoms with Crippen molar-refractivity contribution in [2.45, 2.75) is 43.4 Å². The fourth-order valence-electron chi connectivity index (χ4n) is 4.33. The van der Waals surface area contributed by atoms with Crippen molar-refractivity contribution in [3.05, 3.63) is 57.4 Å². The molecule has 1 aromatic carbocycles. The number of carbonyl (C=O) groups is 1. The van der Waals surface area contributed by atoms with E-state index in [-0.39, 0.29) is 5.91 Å². The molecule has 1 saturated heterocycles. The molecular weight excluding hydrogens is 462 g/mol. The van der Waals surface area contributed by atoms with Gasteiger partial charge in [0.1, 0.15) is 14.1 Å². The topological polar surface area (TPSA) is 70.6 Å². The van der Waals surface area contributed by atoms with Crippen LogP contribution in [0.1, 0.15) is 45.8 Å². The number of fused-ring (bicyclic) bond motifs is 1. The normalized spacial score (nSPS) is 17.3. The van der Waals surface area contributed by atoms with E-state index in [9.17, 15) is 13.2 Å². The number of nitrogens with zero attached hydrogens (tertiary/aromatic N) is 3. The summed E-state index contributed by atoms with van der Waals surface area (Å²) >= 11 is 2.58. The van der Waals surface area contributed by atoms with E-state index in [0.717, 1.165) is 43.5 Å². The molecule has 6 nitrogen and oxygen atoms in total. The number of hydrogen-bond acceptors (Lipinski definition) is 6. The Hall–Kier alpha value is -2.07. The maximum absolute atomic E-state index is 13.3. The smallest absolute Gasteiger partial charge is 0.265 e. The third-order valence-electron chi connectivity index (χ3n) is 6.15. The average Bonchev–Trinajstić information content (AvgIpc) is 3.46. The molecule has 168 valence electrons. The molecule has 3 aromatic rings. The zero-order valence-corrected chi connectivity index (χ0v) is 20.4. The molecule has 0 spiro atoms. The fourth-order valence-corrected chi connectivity index (χ4v) is 8.16. The minimum atomic E-state index is -3.58. The van der Waals surface area contributed by atoms with Gasteiger partial charge in [0.15, 0.2) is 0 Å². The molecule has 2 aromatic heterocycles. The third kappa shape index (κ3) is 4.03. The van der Waals surface area contributed by atoms with Crippen molar-refractivity contribution in [2.24, 2.45) is 0 Å². The quantitative estimate of drug-likeness (QED) is 0.541. The summed E-state index contributed by atoms with van der Waals surface area (Å²) in [6.45, 7) is 4.33. The van der Waals surface area contributed by atoms with Crippen molar-refractivity contribution in [3.8, 4) is 10.6 Å². The van der Waals surface area contributed by atoms with Crippen molar-refractivity contribution in [1.29, 1.82) is 0 Å². The number of likely N-dealkylation sites (tertiary alicyclic amines) is 1. The molecule has 5 rings (SSSR count). The van der Waals surface area contributed by atoms with Gasteiger partial charge in [-0.15, -0.1) is 22.7 Å². The number of hydrogen-bond donors (Lipinski definition) is 0. The van der Waals surface area contributed by atoms with Gasteiger partial charge in [-0.1, -0.05) is 24.3 Å². The van der Waals surface area contributed by atoms with Gasteiger partial charge in [0.2, 0.25) is 0 Å². The van der Waals surface area contributed by atoms with Gasteiger partial charge in [0.25, 0.3) is 15.9 Å². The van der Waals surface area contributed by atoms with E-state index in [1.54, 1.807) is 10.4 Å². The Morgan fingerprint density at radius 3 is 2.59 bits per heavy atom. The summed E-state index contributed by atoms with van der Waals surface area (Å²) in [4.78, 5) is 20.1. The molecule has 0 bridgehead atoms. The van der Waals surface area contributed by atoms with Crippen molar-refractivity contribution in [1.82, 2.24) is 14.2 Å². The lowest BCUT2D eigenvalue weighted by Gasteiger charge is -2.27. The van der Waals surface area contributed by atoms with Crippen molar-refractivity contribution < 1.29 is 13.2 Å². The Bertz CT molecular complexity index is 1260. The summed E-state index contributed by atoms with van der Waals surface area (Å²) in [6.07, 6.45) is 3.99. The van der Waals surface area contributed by atoms with Gasteiger partial charge in [-0.25, -0.2) is 13.4 Å². The summed E-state index contributed by atoms with van der Waals surface area (Å²) in [5, 5.41) is 2.53. The predicted molar refractivity (Wildman–Crippen MR) is 128 cm³/mol. The summed E-state index contributed by atoms with van der Waals surface area (Å²) in [5.74, 6) is 0.0426. The molecule has 0 saturated carbocycles. The zero-order chi connectivity index (χ0) is 22.3. The van der Waals surface area contributed by atoms with E-state index in [4.69, 9.17) is 0 Å². The van der Waals surface area contributed by atoms with Crippen LogP contribution in [-0.4, -0.2) is 48.1 Å². The Morgan fingerprint density at radius 2 is 1.81 bits per heavy atom. The van der Waals surface area contributed by atoms with Crippen LogP contribution in [0.3, 0.4) is 0 Å². The van der Waals surface area contributed by atoms with E-state index < -0.39 is 10.0 Å². The fraction of sp³-hybridized carbons (Fsp3) is 0.391. The van der Waals surface area contributed by atoms with Gasteiger partial charge >= 0.3 is 0 Å². The number of aromatic nitrogens is 1. The zero-order valence-electron chi connectivity index (χ0n) is 17.9. The van der Waals surface area contributed by atoms with Crippen LogP contribution in [0.4, 0.5) is 0 Å². The van der Waals surface area contributed by atoms with Gasteiger partial charge in [0.05, 0.1) is 5.69 Å². The molecule has 1 fully saturated rings. The van der Waals surface area contributed by atoms with Gasteiger partial charge in [-0.3, -0.25) is 4.79 Å². The first-order chi connectivity index (χ1) is 15.4. The minimum Gasteiger partial charge on any atom is -0.338 e. The Balaban J connectivity index is 1.37. The SMILES string of the molecule is Cc1nc(-c2csc(S(=O)(=O)N3CCc4ccccc4C3)c2)sc1C(=O)N1CCCCC1. The van der Waals surface area contributed by atoms with Gasteiger partial charge in [0, 0.05) is 37.1 Å². The second kappa shape index (κ2) is 8.70. The van der Waals surface area contributed by atoms with Gasteiger partial charge in [-0.2, -0.15) is 4.31 Å². The van der Waals surface area contributed by atoms with E-state index in [1.807, 2.05) is 35.4 Å². The van der Waals surface area contributed by atoms with Crippen LogP contribution in [-0.2, 0) is 23.0 Å². The first kappa shape index (κ1) is 21.8. The molecule has 2 aliphatic heterocycles. The highest BCUT2D eigenvalue weighted by atomic mass is 32.2. The monoisotopic (exact) mass is 487 g/mol. The summed E-state index contributed by atoms with van der Waals surface area (Å²) in [5.41, 5.74) is 3.76. The van der Waals surface area contributed by atoms with Crippen molar-refractivity contribution in [2.75, 3.05) is 19.6 Å². The van der Waals surface area contributed by atoms with Gasteiger partial charge in [-0.05, 0) is 49.8 Å². The molecular formula is C23H25N3O3S3. The number of thiazole rings is 1.